The predicted octanol–water partition coefficient (Wildman–Crippen LogP) is 3.33. The fourth-order valence-electron chi connectivity index (χ4n) is 2.97. The first-order valence-corrected chi connectivity index (χ1v) is 7.89. The van der Waals surface area contributed by atoms with Gasteiger partial charge in [-0.2, -0.15) is 5.10 Å². The number of nitrogens with one attached hydrogen (secondary N) is 1. The Morgan fingerprint density at radius 2 is 2.25 bits per heavy atom. The van der Waals surface area contributed by atoms with E-state index in [-0.39, 0.29) is 5.91 Å². The third kappa shape index (κ3) is 3.41. The number of aryl methyl sites for hydroxylation is 1. The van der Waals surface area contributed by atoms with Crippen LogP contribution in [0.2, 0.25) is 0 Å². The summed E-state index contributed by atoms with van der Waals surface area (Å²) in [5, 5.41) is 7.71. The molecule has 1 aromatic rings. The van der Waals surface area contributed by atoms with Crippen LogP contribution in [0.4, 0.5) is 0 Å². The zero-order chi connectivity index (χ0) is 14.7. The summed E-state index contributed by atoms with van der Waals surface area (Å²) in [7, 11) is 0. The average molecular weight is 277 g/mol. The van der Waals surface area contributed by atoms with Crippen LogP contribution in [-0.4, -0.2) is 21.7 Å². The second kappa shape index (κ2) is 6.42. The summed E-state index contributed by atoms with van der Waals surface area (Å²) in [6.45, 7) is 9.23. The maximum absolute atomic E-state index is 12.5. The summed E-state index contributed by atoms with van der Waals surface area (Å²) in [6.07, 6.45) is 4.71. The summed E-state index contributed by atoms with van der Waals surface area (Å²) in [5.74, 6) is 1.10. The lowest BCUT2D eigenvalue weighted by Crippen LogP contribution is -2.38. The fourth-order valence-corrected chi connectivity index (χ4v) is 2.97. The lowest BCUT2D eigenvalue weighted by molar-refractivity contribution is 0.0910. The second-order valence-electron chi connectivity index (χ2n) is 6.37. The minimum Gasteiger partial charge on any atom is -0.348 e. The van der Waals surface area contributed by atoms with Gasteiger partial charge >= 0.3 is 0 Å². The molecule has 0 bridgehead atoms. The number of aromatic nitrogens is 2. The predicted molar refractivity (Wildman–Crippen MR) is 80.9 cm³/mol. The van der Waals surface area contributed by atoms with Gasteiger partial charge < -0.3 is 5.32 Å². The van der Waals surface area contributed by atoms with E-state index < -0.39 is 0 Å². The molecule has 4 nitrogen and oxygen atoms in total. The Bertz CT molecular complexity index is 464. The number of hydrogen-bond acceptors (Lipinski definition) is 2. The number of carbonyl (C=O) groups is 1. The van der Waals surface area contributed by atoms with E-state index in [2.05, 4.69) is 31.2 Å². The summed E-state index contributed by atoms with van der Waals surface area (Å²) in [6, 6.07) is 2.27. The maximum Gasteiger partial charge on any atom is 0.269 e. The molecule has 1 aromatic heterocycles. The molecule has 2 rings (SSSR count). The molecule has 1 heterocycles. The van der Waals surface area contributed by atoms with Gasteiger partial charge in [-0.05, 0) is 37.7 Å². The fraction of sp³-hybridized carbons (Fsp3) is 0.750. The van der Waals surface area contributed by atoms with Crippen LogP contribution in [0.1, 0.15) is 75.5 Å². The van der Waals surface area contributed by atoms with Crippen molar-refractivity contribution in [1.82, 2.24) is 15.1 Å². The molecule has 0 aliphatic heterocycles. The summed E-state index contributed by atoms with van der Waals surface area (Å²) >= 11 is 0. The van der Waals surface area contributed by atoms with Crippen LogP contribution < -0.4 is 5.32 Å². The summed E-state index contributed by atoms with van der Waals surface area (Å²) in [5.41, 5.74) is 1.70. The van der Waals surface area contributed by atoms with Gasteiger partial charge in [0.15, 0.2) is 0 Å². The molecule has 20 heavy (non-hydrogen) atoms. The van der Waals surface area contributed by atoms with Crippen molar-refractivity contribution in [3.63, 3.8) is 0 Å². The van der Waals surface area contributed by atoms with Crippen LogP contribution in [0.5, 0.6) is 0 Å². The minimum atomic E-state index is 0.0327. The van der Waals surface area contributed by atoms with Gasteiger partial charge in [0.1, 0.15) is 5.69 Å². The normalized spacial score (nSPS) is 23.1. The molecular weight excluding hydrogens is 250 g/mol. The topological polar surface area (TPSA) is 46.9 Å². The number of hydrogen-bond donors (Lipinski definition) is 1. The van der Waals surface area contributed by atoms with E-state index in [9.17, 15) is 4.79 Å². The molecule has 1 amide bonds. The first kappa shape index (κ1) is 15.1. The van der Waals surface area contributed by atoms with Crippen molar-refractivity contribution in [3.8, 4) is 0 Å². The third-order valence-corrected chi connectivity index (χ3v) is 4.19. The van der Waals surface area contributed by atoms with Gasteiger partial charge in [-0.3, -0.25) is 9.48 Å². The number of rotatable bonds is 4. The highest BCUT2D eigenvalue weighted by atomic mass is 16.2. The largest absolute Gasteiger partial charge is 0.348 e. The average Bonchev–Trinajstić information content (AvgIpc) is 2.83. The van der Waals surface area contributed by atoms with Crippen molar-refractivity contribution in [1.29, 1.82) is 0 Å². The van der Waals surface area contributed by atoms with Crippen molar-refractivity contribution >= 4 is 5.91 Å². The van der Waals surface area contributed by atoms with E-state index in [0.717, 1.165) is 31.0 Å². The highest BCUT2D eigenvalue weighted by molar-refractivity contribution is 5.92. The smallest absolute Gasteiger partial charge is 0.269 e. The molecule has 0 aromatic carbocycles. The van der Waals surface area contributed by atoms with Crippen molar-refractivity contribution < 1.29 is 4.79 Å². The van der Waals surface area contributed by atoms with Crippen LogP contribution in [0.15, 0.2) is 6.07 Å². The van der Waals surface area contributed by atoms with Crippen LogP contribution in [0.3, 0.4) is 0 Å². The molecular formula is C16H27N3O. The van der Waals surface area contributed by atoms with Gasteiger partial charge in [0.2, 0.25) is 0 Å². The van der Waals surface area contributed by atoms with Crippen LogP contribution in [0.25, 0.3) is 0 Å². The van der Waals surface area contributed by atoms with E-state index in [1.54, 1.807) is 0 Å². The Balaban J connectivity index is 2.08. The Kier molecular flexibility index (Phi) is 4.84. The first-order chi connectivity index (χ1) is 9.51. The molecule has 1 saturated carbocycles. The Morgan fingerprint density at radius 3 is 2.85 bits per heavy atom. The molecule has 0 saturated heterocycles. The van der Waals surface area contributed by atoms with Gasteiger partial charge in [0.25, 0.3) is 5.91 Å². The molecule has 4 heteroatoms. The number of carbonyl (C=O) groups excluding carboxylic acids is 1. The van der Waals surface area contributed by atoms with Crippen LogP contribution in [-0.2, 0) is 6.54 Å². The van der Waals surface area contributed by atoms with E-state index >= 15 is 0 Å². The molecule has 1 N–H and O–H groups in total. The Labute approximate surface area is 121 Å². The summed E-state index contributed by atoms with van der Waals surface area (Å²) < 4.78 is 1.82. The van der Waals surface area contributed by atoms with E-state index in [0.29, 0.717) is 17.7 Å². The molecule has 0 radical (unpaired) electrons. The quantitative estimate of drug-likeness (QED) is 0.917. The summed E-state index contributed by atoms with van der Waals surface area (Å²) in [4.78, 5) is 12.5. The van der Waals surface area contributed by atoms with Gasteiger partial charge in [0, 0.05) is 12.6 Å². The minimum absolute atomic E-state index is 0.0327. The Hall–Kier alpha value is -1.32. The van der Waals surface area contributed by atoms with E-state index in [1.807, 2.05) is 17.7 Å². The number of nitrogens with zero attached hydrogens (tertiary/aromatic N) is 2. The monoisotopic (exact) mass is 277 g/mol. The van der Waals surface area contributed by atoms with E-state index in [4.69, 9.17) is 0 Å². The molecule has 0 unspecified atom stereocenters. The van der Waals surface area contributed by atoms with Gasteiger partial charge in [-0.1, -0.05) is 33.6 Å². The van der Waals surface area contributed by atoms with Crippen LogP contribution in [0, 0.1) is 5.92 Å². The highest BCUT2D eigenvalue weighted by Gasteiger charge is 2.23. The van der Waals surface area contributed by atoms with Gasteiger partial charge in [-0.25, -0.2) is 0 Å². The lowest BCUT2D eigenvalue weighted by Gasteiger charge is -2.27. The van der Waals surface area contributed by atoms with Crippen LogP contribution >= 0.6 is 0 Å². The van der Waals surface area contributed by atoms with Crippen molar-refractivity contribution in [2.45, 2.75) is 71.9 Å². The standard InChI is InChI=1S/C16H27N3O/c1-5-19-15(10-14(18-19)11(2)3)16(20)17-13-8-6-7-12(4)9-13/h10-13H,5-9H2,1-4H3,(H,17,20)/t12-,13-/m0/s1. The van der Waals surface area contributed by atoms with Crippen molar-refractivity contribution in [2.75, 3.05) is 0 Å². The second-order valence-corrected chi connectivity index (χ2v) is 6.37. The molecule has 1 aliphatic rings. The maximum atomic E-state index is 12.5. The Morgan fingerprint density at radius 1 is 1.50 bits per heavy atom. The lowest BCUT2D eigenvalue weighted by atomic mass is 9.87. The van der Waals surface area contributed by atoms with Crippen molar-refractivity contribution in [2.24, 2.45) is 5.92 Å². The number of amides is 1. The van der Waals surface area contributed by atoms with Gasteiger partial charge in [-0.15, -0.1) is 0 Å². The van der Waals surface area contributed by atoms with Gasteiger partial charge in [0.05, 0.1) is 5.69 Å². The molecule has 1 fully saturated rings. The SMILES string of the molecule is CCn1nc(C(C)C)cc1C(=O)N[C@H]1CCC[C@H](C)C1. The molecule has 0 spiro atoms. The zero-order valence-electron chi connectivity index (χ0n) is 13.1. The molecule has 112 valence electrons. The first-order valence-electron chi connectivity index (χ1n) is 7.89. The van der Waals surface area contributed by atoms with E-state index in [1.165, 1.54) is 12.8 Å². The van der Waals surface area contributed by atoms with Crippen molar-refractivity contribution in [3.05, 3.63) is 17.5 Å². The highest BCUT2D eigenvalue weighted by Crippen LogP contribution is 2.24. The zero-order valence-corrected chi connectivity index (χ0v) is 13.1. The molecule has 1 aliphatic carbocycles. The third-order valence-electron chi connectivity index (χ3n) is 4.19. The molecule has 2 atom stereocenters.